The molecule has 1 aliphatic rings. The van der Waals surface area contributed by atoms with Crippen molar-refractivity contribution in [3.05, 3.63) is 35.4 Å². The topological polar surface area (TPSA) is 12.0 Å². The highest BCUT2D eigenvalue weighted by Crippen LogP contribution is 2.43. The Morgan fingerprint density at radius 3 is 2.28 bits per heavy atom. The molecule has 1 fully saturated rings. The molecule has 0 saturated heterocycles. The van der Waals surface area contributed by atoms with Gasteiger partial charge in [0.05, 0.1) is 0 Å². The van der Waals surface area contributed by atoms with E-state index in [0.29, 0.717) is 11.5 Å². The lowest BCUT2D eigenvalue weighted by molar-refractivity contribution is 0.385. The van der Waals surface area contributed by atoms with Crippen LogP contribution in [-0.2, 0) is 5.41 Å². The first-order valence-electron chi connectivity index (χ1n) is 7.43. The van der Waals surface area contributed by atoms with Crippen molar-refractivity contribution in [3.8, 4) is 0 Å². The molecule has 100 valence electrons. The largest absolute Gasteiger partial charge is 0.315 e. The SMILES string of the molecule is Cc1ccc(C2(CCNC(C)C)CCCC2)cc1. The van der Waals surface area contributed by atoms with Crippen molar-refractivity contribution in [2.75, 3.05) is 6.54 Å². The molecular weight excluding hydrogens is 218 g/mol. The average molecular weight is 245 g/mol. The van der Waals surface area contributed by atoms with Crippen molar-refractivity contribution in [2.24, 2.45) is 0 Å². The number of hydrogen-bond acceptors (Lipinski definition) is 1. The number of benzene rings is 1. The van der Waals surface area contributed by atoms with Crippen LogP contribution in [0.2, 0.25) is 0 Å². The van der Waals surface area contributed by atoms with Crippen LogP contribution in [0.3, 0.4) is 0 Å². The quantitative estimate of drug-likeness (QED) is 0.820. The lowest BCUT2D eigenvalue weighted by Crippen LogP contribution is -2.31. The van der Waals surface area contributed by atoms with E-state index >= 15 is 0 Å². The Kier molecular flexibility index (Phi) is 4.45. The van der Waals surface area contributed by atoms with E-state index in [4.69, 9.17) is 0 Å². The lowest BCUT2D eigenvalue weighted by Gasteiger charge is -2.30. The Morgan fingerprint density at radius 2 is 1.72 bits per heavy atom. The molecule has 0 aliphatic heterocycles. The molecule has 0 amide bonds. The maximum Gasteiger partial charge on any atom is 0.00103 e. The summed E-state index contributed by atoms with van der Waals surface area (Å²) in [6, 6.07) is 9.85. The lowest BCUT2D eigenvalue weighted by atomic mass is 9.76. The molecular formula is C17H27N. The third-order valence-corrected chi connectivity index (χ3v) is 4.38. The van der Waals surface area contributed by atoms with Crippen molar-refractivity contribution in [1.82, 2.24) is 5.32 Å². The fraction of sp³-hybridized carbons (Fsp3) is 0.647. The molecule has 1 nitrogen and oxygen atoms in total. The van der Waals surface area contributed by atoms with Gasteiger partial charge in [-0.2, -0.15) is 0 Å². The van der Waals surface area contributed by atoms with Crippen molar-refractivity contribution in [1.29, 1.82) is 0 Å². The number of rotatable bonds is 5. The molecule has 1 N–H and O–H groups in total. The van der Waals surface area contributed by atoms with Gasteiger partial charge in [0.25, 0.3) is 0 Å². The number of aryl methyl sites for hydroxylation is 1. The van der Waals surface area contributed by atoms with Crippen LogP contribution in [0.1, 0.15) is 57.1 Å². The number of nitrogens with one attached hydrogen (secondary N) is 1. The molecule has 18 heavy (non-hydrogen) atoms. The van der Waals surface area contributed by atoms with Gasteiger partial charge in [0.1, 0.15) is 0 Å². The molecule has 0 aromatic heterocycles. The van der Waals surface area contributed by atoms with Crippen LogP contribution in [0.4, 0.5) is 0 Å². The smallest absolute Gasteiger partial charge is 0.00103 e. The Hall–Kier alpha value is -0.820. The van der Waals surface area contributed by atoms with Crippen molar-refractivity contribution in [3.63, 3.8) is 0 Å². The van der Waals surface area contributed by atoms with E-state index in [2.05, 4.69) is 50.4 Å². The minimum Gasteiger partial charge on any atom is -0.315 e. The summed E-state index contributed by atoms with van der Waals surface area (Å²) in [6.07, 6.45) is 6.82. The first kappa shape index (κ1) is 13.6. The summed E-state index contributed by atoms with van der Waals surface area (Å²) in [5.41, 5.74) is 3.39. The van der Waals surface area contributed by atoms with E-state index in [1.807, 2.05) is 0 Å². The molecule has 0 bridgehead atoms. The molecule has 1 aromatic rings. The van der Waals surface area contributed by atoms with E-state index in [0.717, 1.165) is 6.54 Å². The second-order valence-corrected chi connectivity index (χ2v) is 6.21. The molecule has 0 atom stereocenters. The first-order chi connectivity index (χ1) is 8.62. The van der Waals surface area contributed by atoms with Gasteiger partial charge in [-0.05, 0) is 43.7 Å². The summed E-state index contributed by atoms with van der Waals surface area (Å²) >= 11 is 0. The van der Waals surface area contributed by atoms with Gasteiger partial charge in [-0.15, -0.1) is 0 Å². The van der Waals surface area contributed by atoms with Gasteiger partial charge >= 0.3 is 0 Å². The fourth-order valence-corrected chi connectivity index (χ4v) is 3.24. The Labute approximate surface area is 112 Å². The summed E-state index contributed by atoms with van der Waals surface area (Å²) in [4.78, 5) is 0. The molecule has 2 rings (SSSR count). The van der Waals surface area contributed by atoms with E-state index < -0.39 is 0 Å². The van der Waals surface area contributed by atoms with E-state index in [1.165, 1.54) is 37.7 Å². The van der Waals surface area contributed by atoms with Gasteiger partial charge in [-0.3, -0.25) is 0 Å². The van der Waals surface area contributed by atoms with E-state index in [-0.39, 0.29) is 0 Å². The van der Waals surface area contributed by atoms with Crippen molar-refractivity contribution >= 4 is 0 Å². The molecule has 1 heteroatoms. The first-order valence-corrected chi connectivity index (χ1v) is 7.43. The zero-order chi connectivity index (χ0) is 13.0. The Bertz CT molecular complexity index is 358. The van der Waals surface area contributed by atoms with Crippen LogP contribution in [0, 0.1) is 6.92 Å². The second-order valence-electron chi connectivity index (χ2n) is 6.21. The Balaban J connectivity index is 2.08. The van der Waals surface area contributed by atoms with E-state index in [9.17, 15) is 0 Å². The minimum atomic E-state index is 0.454. The molecule has 0 unspecified atom stereocenters. The monoisotopic (exact) mass is 245 g/mol. The van der Waals surface area contributed by atoms with Gasteiger partial charge in [-0.25, -0.2) is 0 Å². The predicted octanol–water partition coefficient (Wildman–Crippen LogP) is 4.19. The van der Waals surface area contributed by atoms with Gasteiger partial charge in [0, 0.05) is 6.04 Å². The normalized spacial score (nSPS) is 18.4. The number of hydrogen-bond donors (Lipinski definition) is 1. The highest BCUT2D eigenvalue weighted by molar-refractivity contribution is 5.29. The van der Waals surface area contributed by atoms with Crippen LogP contribution in [0.15, 0.2) is 24.3 Å². The summed E-state index contributed by atoms with van der Waals surface area (Å²) in [7, 11) is 0. The minimum absolute atomic E-state index is 0.454. The highest BCUT2D eigenvalue weighted by atomic mass is 14.9. The zero-order valence-corrected chi connectivity index (χ0v) is 12.1. The Morgan fingerprint density at radius 1 is 1.11 bits per heavy atom. The van der Waals surface area contributed by atoms with Crippen LogP contribution in [0.5, 0.6) is 0 Å². The molecule has 0 heterocycles. The maximum absolute atomic E-state index is 3.58. The van der Waals surface area contributed by atoms with E-state index in [1.54, 1.807) is 5.56 Å². The van der Waals surface area contributed by atoms with Gasteiger partial charge in [0.15, 0.2) is 0 Å². The summed E-state index contributed by atoms with van der Waals surface area (Å²) in [5.74, 6) is 0. The van der Waals surface area contributed by atoms with Crippen LogP contribution >= 0.6 is 0 Å². The van der Waals surface area contributed by atoms with Crippen LogP contribution < -0.4 is 5.32 Å². The van der Waals surface area contributed by atoms with Crippen molar-refractivity contribution in [2.45, 2.75) is 64.3 Å². The fourth-order valence-electron chi connectivity index (χ4n) is 3.24. The van der Waals surface area contributed by atoms with Gasteiger partial charge in [-0.1, -0.05) is 56.5 Å². The predicted molar refractivity (Wildman–Crippen MR) is 79.1 cm³/mol. The molecule has 1 saturated carbocycles. The standard InChI is InChI=1S/C17H27N/c1-14(2)18-13-12-17(10-4-5-11-17)16-8-6-15(3)7-9-16/h6-9,14,18H,4-5,10-13H2,1-3H3. The van der Waals surface area contributed by atoms with Crippen LogP contribution in [0.25, 0.3) is 0 Å². The molecule has 0 radical (unpaired) electrons. The molecule has 1 aromatic carbocycles. The average Bonchev–Trinajstić information content (AvgIpc) is 2.79. The highest BCUT2D eigenvalue weighted by Gasteiger charge is 2.34. The third kappa shape index (κ3) is 3.14. The summed E-state index contributed by atoms with van der Waals surface area (Å²) in [5, 5.41) is 3.58. The van der Waals surface area contributed by atoms with Gasteiger partial charge < -0.3 is 5.32 Å². The van der Waals surface area contributed by atoms with Crippen LogP contribution in [-0.4, -0.2) is 12.6 Å². The summed E-state index contributed by atoms with van der Waals surface area (Å²) < 4.78 is 0. The second kappa shape index (κ2) is 5.88. The summed E-state index contributed by atoms with van der Waals surface area (Å²) in [6.45, 7) is 7.78. The molecule has 1 aliphatic carbocycles. The maximum atomic E-state index is 3.58. The van der Waals surface area contributed by atoms with Gasteiger partial charge in [0.2, 0.25) is 0 Å². The van der Waals surface area contributed by atoms with Crippen molar-refractivity contribution < 1.29 is 0 Å². The third-order valence-electron chi connectivity index (χ3n) is 4.38. The molecule has 0 spiro atoms. The zero-order valence-electron chi connectivity index (χ0n) is 12.1.